The van der Waals surface area contributed by atoms with Crippen molar-refractivity contribution in [3.63, 3.8) is 0 Å². The van der Waals surface area contributed by atoms with Gasteiger partial charge in [0, 0.05) is 11.4 Å². The minimum absolute atomic E-state index is 0.192. The molecule has 1 N–H and O–H groups in total. The average Bonchev–Trinajstić information content (AvgIpc) is 2.94. The fourth-order valence-electron chi connectivity index (χ4n) is 1.49. The van der Waals surface area contributed by atoms with E-state index < -0.39 is 0 Å². The maximum atomic E-state index is 11.9. The van der Waals surface area contributed by atoms with Gasteiger partial charge in [0.1, 0.15) is 5.69 Å². The number of carbonyl (C=O) groups is 1. The summed E-state index contributed by atoms with van der Waals surface area (Å²) in [6, 6.07) is 3.93. The maximum Gasteiger partial charge on any atom is 0.271 e. The second-order valence-corrected chi connectivity index (χ2v) is 4.86. The van der Waals surface area contributed by atoms with Gasteiger partial charge in [0.25, 0.3) is 5.91 Å². The van der Waals surface area contributed by atoms with Gasteiger partial charge in [-0.1, -0.05) is 17.7 Å². The molecule has 0 bridgehead atoms. The van der Waals surface area contributed by atoms with Crippen LogP contribution in [-0.2, 0) is 13.1 Å². The predicted octanol–water partition coefficient (Wildman–Crippen LogP) is 2.55. The van der Waals surface area contributed by atoms with Crippen molar-refractivity contribution in [1.82, 2.24) is 15.1 Å². The lowest BCUT2D eigenvalue weighted by Gasteiger charge is -2.06. The lowest BCUT2D eigenvalue weighted by Crippen LogP contribution is -2.25. The number of carbonyl (C=O) groups excluding carboxylic acids is 1. The van der Waals surface area contributed by atoms with E-state index in [0.29, 0.717) is 23.8 Å². The molecular weight excluding hydrogens is 258 g/mol. The summed E-state index contributed by atoms with van der Waals surface area (Å²) in [4.78, 5) is 13.1. The van der Waals surface area contributed by atoms with E-state index in [9.17, 15) is 4.79 Å². The van der Waals surface area contributed by atoms with Gasteiger partial charge in [0.15, 0.2) is 0 Å². The highest BCUT2D eigenvalue weighted by Gasteiger charge is 2.16. The van der Waals surface area contributed by atoms with Gasteiger partial charge in [-0.25, -0.2) is 0 Å². The van der Waals surface area contributed by atoms with Gasteiger partial charge in [0.2, 0.25) is 0 Å². The highest BCUT2D eigenvalue weighted by molar-refractivity contribution is 7.09. The van der Waals surface area contributed by atoms with E-state index in [0.717, 1.165) is 4.88 Å². The summed E-state index contributed by atoms with van der Waals surface area (Å²) in [7, 11) is 0. The molecule has 0 radical (unpaired) electrons. The Hall–Kier alpha value is -1.33. The predicted molar refractivity (Wildman–Crippen MR) is 68.4 cm³/mol. The summed E-state index contributed by atoms with van der Waals surface area (Å²) in [6.07, 6.45) is 1.49. The van der Waals surface area contributed by atoms with Crippen molar-refractivity contribution in [1.29, 1.82) is 0 Å². The van der Waals surface area contributed by atoms with E-state index in [2.05, 4.69) is 10.4 Å². The highest BCUT2D eigenvalue weighted by Crippen LogP contribution is 2.15. The van der Waals surface area contributed by atoms with Crippen LogP contribution in [0.3, 0.4) is 0 Å². The molecule has 2 rings (SSSR count). The van der Waals surface area contributed by atoms with Crippen molar-refractivity contribution in [3.8, 4) is 0 Å². The second kappa shape index (κ2) is 5.33. The van der Waals surface area contributed by atoms with Crippen LogP contribution in [0, 0.1) is 0 Å². The summed E-state index contributed by atoms with van der Waals surface area (Å²) >= 11 is 7.54. The van der Waals surface area contributed by atoms with Gasteiger partial charge in [0.05, 0.1) is 17.8 Å². The van der Waals surface area contributed by atoms with Gasteiger partial charge in [-0.2, -0.15) is 5.10 Å². The van der Waals surface area contributed by atoms with E-state index in [-0.39, 0.29) is 5.91 Å². The Labute approximate surface area is 108 Å². The van der Waals surface area contributed by atoms with Crippen LogP contribution in [0.1, 0.15) is 22.3 Å². The molecule has 0 aliphatic heterocycles. The quantitative estimate of drug-likeness (QED) is 0.927. The fraction of sp³-hybridized carbons (Fsp3) is 0.273. The molecule has 4 nitrogen and oxygen atoms in total. The minimum Gasteiger partial charge on any atom is -0.346 e. The number of hydrogen-bond donors (Lipinski definition) is 1. The van der Waals surface area contributed by atoms with Crippen LogP contribution in [0.25, 0.3) is 0 Å². The van der Waals surface area contributed by atoms with Gasteiger partial charge < -0.3 is 5.32 Å². The van der Waals surface area contributed by atoms with E-state index in [1.165, 1.54) is 6.20 Å². The van der Waals surface area contributed by atoms with Crippen LogP contribution in [-0.4, -0.2) is 15.7 Å². The normalized spacial score (nSPS) is 10.5. The summed E-state index contributed by atoms with van der Waals surface area (Å²) in [6.45, 7) is 3.05. The Morgan fingerprint density at radius 1 is 1.65 bits per heavy atom. The number of halogens is 1. The van der Waals surface area contributed by atoms with Crippen LogP contribution in [0.2, 0.25) is 5.02 Å². The molecule has 0 aliphatic rings. The van der Waals surface area contributed by atoms with Gasteiger partial charge in [-0.05, 0) is 18.4 Å². The summed E-state index contributed by atoms with van der Waals surface area (Å²) in [5, 5.41) is 9.22. The molecule has 1 amide bonds. The minimum atomic E-state index is -0.192. The molecule has 0 aromatic carbocycles. The molecule has 2 heterocycles. The summed E-state index contributed by atoms with van der Waals surface area (Å²) in [5.41, 5.74) is 0.422. The number of nitrogens with one attached hydrogen (secondary N) is 1. The number of rotatable bonds is 4. The molecule has 0 aliphatic carbocycles. The van der Waals surface area contributed by atoms with Crippen molar-refractivity contribution in [2.75, 3.05) is 0 Å². The van der Waals surface area contributed by atoms with Gasteiger partial charge in [-0.3, -0.25) is 9.48 Å². The third kappa shape index (κ3) is 2.68. The fourth-order valence-corrected chi connectivity index (χ4v) is 2.36. The number of hydrogen-bond acceptors (Lipinski definition) is 3. The largest absolute Gasteiger partial charge is 0.346 e. The van der Waals surface area contributed by atoms with Gasteiger partial charge >= 0.3 is 0 Å². The number of thiophene rings is 1. The first-order valence-corrected chi connectivity index (χ1v) is 6.50. The maximum absolute atomic E-state index is 11.9. The lowest BCUT2D eigenvalue weighted by molar-refractivity contribution is 0.0941. The number of aryl methyl sites for hydroxylation is 1. The number of nitrogens with zero attached hydrogens (tertiary/aromatic N) is 2. The van der Waals surface area contributed by atoms with Crippen molar-refractivity contribution >= 4 is 28.8 Å². The Morgan fingerprint density at radius 2 is 2.47 bits per heavy atom. The topological polar surface area (TPSA) is 46.9 Å². The number of amides is 1. The molecule has 2 aromatic rings. The van der Waals surface area contributed by atoms with Crippen LogP contribution >= 0.6 is 22.9 Å². The molecule has 0 saturated carbocycles. The van der Waals surface area contributed by atoms with Crippen LogP contribution in [0.4, 0.5) is 0 Å². The Balaban J connectivity index is 2.06. The Bertz CT molecular complexity index is 507. The van der Waals surface area contributed by atoms with Gasteiger partial charge in [-0.15, -0.1) is 11.3 Å². The molecule has 0 unspecified atom stereocenters. The molecule has 0 spiro atoms. The Morgan fingerprint density at radius 3 is 3.12 bits per heavy atom. The zero-order chi connectivity index (χ0) is 12.3. The van der Waals surface area contributed by atoms with E-state index in [1.54, 1.807) is 16.0 Å². The zero-order valence-electron chi connectivity index (χ0n) is 9.31. The molecule has 0 atom stereocenters. The third-order valence-electron chi connectivity index (χ3n) is 2.31. The smallest absolute Gasteiger partial charge is 0.271 e. The Kier molecular flexibility index (Phi) is 3.81. The zero-order valence-corrected chi connectivity index (χ0v) is 10.9. The first kappa shape index (κ1) is 12.1. The van der Waals surface area contributed by atoms with Crippen molar-refractivity contribution in [3.05, 3.63) is 39.3 Å². The van der Waals surface area contributed by atoms with Crippen molar-refractivity contribution in [2.45, 2.75) is 20.0 Å². The summed E-state index contributed by atoms with van der Waals surface area (Å²) < 4.78 is 1.59. The number of aromatic nitrogens is 2. The van der Waals surface area contributed by atoms with Crippen LogP contribution in [0.5, 0.6) is 0 Å². The van der Waals surface area contributed by atoms with Crippen molar-refractivity contribution in [2.24, 2.45) is 0 Å². The second-order valence-electron chi connectivity index (χ2n) is 3.42. The molecule has 17 heavy (non-hydrogen) atoms. The van der Waals surface area contributed by atoms with E-state index in [1.807, 2.05) is 24.4 Å². The first-order valence-electron chi connectivity index (χ1n) is 5.24. The van der Waals surface area contributed by atoms with E-state index in [4.69, 9.17) is 11.6 Å². The lowest BCUT2D eigenvalue weighted by atomic mass is 10.3. The standard InChI is InChI=1S/C11H12ClN3OS/c1-2-15-10(9(12)7-14-15)11(16)13-6-8-4-3-5-17-8/h3-5,7H,2,6H2,1H3,(H,13,16). The van der Waals surface area contributed by atoms with Crippen molar-refractivity contribution < 1.29 is 4.79 Å². The molecule has 0 fully saturated rings. The molecule has 0 saturated heterocycles. The van der Waals surface area contributed by atoms with E-state index >= 15 is 0 Å². The third-order valence-corrected chi connectivity index (χ3v) is 3.47. The first-order chi connectivity index (χ1) is 8.22. The van der Waals surface area contributed by atoms with Crippen LogP contribution < -0.4 is 5.32 Å². The molecular formula is C11H12ClN3OS. The average molecular weight is 270 g/mol. The molecule has 2 aromatic heterocycles. The molecule has 90 valence electrons. The monoisotopic (exact) mass is 269 g/mol. The summed E-state index contributed by atoms with van der Waals surface area (Å²) in [5.74, 6) is -0.192. The highest BCUT2D eigenvalue weighted by atomic mass is 35.5. The van der Waals surface area contributed by atoms with Crippen LogP contribution in [0.15, 0.2) is 23.7 Å². The molecule has 6 heteroatoms. The SMILES string of the molecule is CCn1ncc(Cl)c1C(=O)NCc1cccs1.